The Morgan fingerprint density at radius 2 is 2.25 bits per heavy atom. The Morgan fingerprint density at radius 3 is 3.00 bits per heavy atom. The summed E-state index contributed by atoms with van der Waals surface area (Å²) in [4.78, 5) is 0. The van der Waals surface area contributed by atoms with Crippen molar-refractivity contribution in [3.63, 3.8) is 0 Å². The van der Waals surface area contributed by atoms with Gasteiger partial charge in [-0.05, 0) is 37.6 Å². The maximum absolute atomic E-state index is 3.69. The van der Waals surface area contributed by atoms with Gasteiger partial charge in [-0.3, -0.25) is 0 Å². The van der Waals surface area contributed by atoms with Gasteiger partial charge in [-0.25, -0.2) is 0 Å². The Labute approximate surface area is 75.9 Å². The van der Waals surface area contributed by atoms with Crippen molar-refractivity contribution < 1.29 is 0 Å². The highest BCUT2D eigenvalue weighted by Crippen LogP contribution is 2.46. The van der Waals surface area contributed by atoms with Crippen molar-refractivity contribution in [3.05, 3.63) is 0 Å². The lowest BCUT2D eigenvalue weighted by molar-refractivity contribution is 0.138. The van der Waals surface area contributed by atoms with E-state index in [2.05, 4.69) is 12.2 Å². The van der Waals surface area contributed by atoms with Crippen molar-refractivity contribution in [2.45, 2.75) is 51.5 Å². The minimum absolute atomic E-state index is 0.907. The lowest BCUT2D eigenvalue weighted by Crippen LogP contribution is -2.48. The molecule has 0 aromatic heterocycles. The third-order valence-corrected chi connectivity index (χ3v) is 3.73. The van der Waals surface area contributed by atoms with Crippen LogP contribution in [0.5, 0.6) is 0 Å². The highest BCUT2D eigenvalue weighted by Gasteiger charge is 2.42. The number of nitrogens with one attached hydrogen (secondary N) is 1. The van der Waals surface area contributed by atoms with Crippen LogP contribution in [0.25, 0.3) is 0 Å². The average Bonchev–Trinajstić information content (AvgIpc) is 2.41. The van der Waals surface area contributed by atoms with Crippen molar-refractivity contribution in [1.29, 1.82) is 0 Å². The molecule has 2 fully saturated rings. The molecule has 0 spiro atoms. The molecule has 1 heteroatoms. The predicted octanol–water partition coefficient (Wildman–Crippen LogP) is 2.56. The molecule has 1 N–H and O–H groups in total. The zero-order chi connectivity index (χ0) is 8.39. The smallest absolute Gasteiger partial charge is 0.0101 e. The third kappa shape index (κ3) is 1.52. The predicted molar refractivity (Wildman–Crippen MR) is 52.1 cm³/mol. The van der Waals surface area contributed by atoms with Crippen LogP contribution in [0, 0.1) is 11.8 Å². The fourth-order valence-electron chi connectivity index (χ4n) is 2.89. The monoisotopic (exact) mass is 167 g/mol. The molecule has 70 valence electrons. The van der Waals surface area contributed by atoms with E-state index in [0.29, 0.717) is 0 Å². The zero-order valence-corrected chi connectivity index (χ0v) is 8.18. The molecule has 1 unspecified atom stereocenters. The summed E-state index contributed by atoms with van der Waals surface area (Å²) in [5, 5.41) is 3.69. The van der Waals surface area contributed by atoms with Crippen molar-refractivity contribution in [2.24, 2.45) is 11.8 Å². The number of hydrogen-bond donors (Lipinski definition) is 1. The summed E-state index contributed by atoms with van der Waals surface area (Å²) in [7, 11) is 0. The van der Waals surface area contributed by atoms with E-state index < -0.39 is 0 Å². The minimum Gasteiger partial charge on any atom is -0.314 e. The molecule has 0 aromatic rings. The fourth-order valence-corrected chi connectivity index (χ4v) is 2.89. The van der Waals surface area contributed by atoms with Crippen molar-refractivity contribution >= 4 is 0 Å². The molecule has 1 nitrogen and oxygen atoms in total. The van der Waals surface area contributed by atoms with Gasteiger partial charge in [0, 0.05) is 6.04 Å². The van der Waals surface area contributed by atoms with Crippen molar-refractivity contribution in [3.8, 4) is 0 Å². The first-order valence-electron chi connectivity index (χ1n) is 5.65. The highest BCUT2D eigenvalue weighted by molar-refractivity contribution is 4.97. The van der Waals surface area contributed by atoms with Gasteiger partial charge in [0.05, 0.1) is 0 Å². The number of hydrogen-bond acceptors (Lipinski definition) is 1. The normalized spacial score (nSPS) is 39.2. The van der Waals surface area contributed by atoms with E-state index >= 15 is 0 Å². The molecule has 2 saturated carbocycles. The second kappa shape index (κ2) is 3.78. The van der Waals surface area contributed by atoms with Crippen LogP contribution in [-0.2, 0) is 0 Å². The zero-order valence-electron chi connectivity index (χ0n) is 8.18. The summed E-state index contributed by atoms with van der Waals surface area (Å²) >= 11 is 0. The molecule has 0 aliphatic heterocycles. The van der Waals surface area contributed by atoms with Crippen LogP contribution >= 0.6 is 0 Å². The summed E-state index contributed by atoms with van der Waals surface area (Å²) < 4.78 is 0. The van der Waals surface area contributed by atoms with E-state index in [1.54, 1.807) is 0 Å². The second-order valence-electron chi connectivity index (χ2n) is 4.50. The van der Waals surface area contributed by atoms with E-state index in [9.17, 15) is 0 Å². The largest absolute Gasteiger partial charge is 0.314 e. The van der Waals surface area contributed by atoms with Gasteiger partial charge in [-0.2, -0.15) is 0 Å². The lowest BCUT2D eigenvalue weighted by Gasteiger charge is -2.41. The quantitative estimate of drug-likeness (QED) is 0.635. The van der Waals surface area contributed by atoms with E-state index in [1.807, 2.05) is 0 Å². The van der Waals surface area contributed by atoms with Gasteiger partial charge in [0.15, 0.2) is 0 Å². The molecule has 3 atom stereocenters. The Hall–Kier alpha value is -0.0400. The molecule has 2 aliphatic rings. The third-order valence-electron chi connectivity index (χ3n) is 3.73. The summed E-state index contributed by atoms with van der Waals surface area (Å²) in [6.45, 7) is 3.52. The first kappa shape index (κ1) is 8.55. The van der Waals surface area contributed by atoms with Crippen LogP contribution in [0.3, 0.4) is 0 Å². The average molecular weight is 167 g/mol. The number of unbranched alkanes of at least 4 members (excludes halogenated alkanes) is 1. The van der Waals surface area contributed by atoms with E-state index in [4.69, 9.17) is 0 Å². The molecule has 2 aliphatic carbocycles. The molecule has 0 radical (unpaired) electrons. The first-order valence-corrected chi connectivity index (χ1v) is 5.65. The Bertz CT molecular complexity index is 144. The SMILES string of the molecule is CCCCNC1C[C@@H]2CCC[C@H]12. The fraction of sp³-hybridized carbons (Fsp3) is 1.00. The van der Waals surface area contributed by atoms with Gasteiger partial charge in [0.1, 0.15) is 0 Å². The van der Waals surface area contributed by atoms with E-state index in [-0.39, 0.29) is 0 Å². The van der Waals surface area contributed by atoms with E-state index in [1.165, 1.54) is 45.1 Å². The van der Waals surface area contributed by atoms with Gasteiger partial charge >= 0.3 is 0 Å². The summed E-state index contributed by atoms with van der Waals surface area (Å²) in [5.41, 5.74) is 0. The van der Waals surface area contributed by atoms with Crippen LogP contribution in [0.2, 0.25) is 0 Å². The molecule has 0 bridgehead atoms. The Kier molecular flexibility index (Phi) is 2.69. The van der Waals surface area contributed by atoms with Gasteiger partial charge in [0.2, 0.25) is 0 Å². The molecular formula is C11H21N. The standard InChI is InChI=1S/C11H21N/c1-2-3-7-12-11-8-9-5-4-6-10(9)11/h9-12H,2-8H2,1H3/t9-,10-,11?/m0/s1. The highest BCUT2D eigenvalue weighted by atomic mass is 14.9. The molecule has 0 heterocycles. The van der Waals surface area contributed by atoms with E-state index in [0.717, 1.165) is 17.9 Å². The summed E-state index contributed by atoms with van der Waals surface area (Å²) in [5.74, 6) is 2.19. The molecule has 0 amide bonds. The van der Waals surface area contributed by atoms with Gasteiger partial charge in [-0.15, -0.1) is 0 Å². The van der Waals surface area contributed by atoms with Gasteiger partial charge < -0.3 is 5.32 Å². The number of fused-ring (bicyclic) bond motifs is 1. The minimum atomic E-state index is 0.907. The van der Waals surface area contributed by atoms with Crippen LogP contribution in [0.4, 0.5) is 0 Å². The van der Waals surface area contributed by atoms with Crippen molar-refractivity contribution in [1.82, 2.24) is 5.32 Å². The lowest BCUT2D eigenvalue weighted by atomic mass is 9.71. The van der Waals surface area contributed by atoms with Gasteiger partial charge in [0.25, 0.3) is 0 Å². The van der Waals surface area contributed by atoms with Crippen LogP contribution < -0.4 is 5.32 Å². The molecule has 12 heavy (non-hydrogen) atoms. The van der Waals surface area contributed by atoms with Crippen LogP contribution in [-0.4, -0.2) is 12.6 Å². The van der Waals surface area contributed by atoms with Gasteiger partial charge in [-0.1, -0.05) is 26.2 Å². The summed E-state index contributed by atoms with van der Waals surface area (Å²) in [6.07, 6.45) is 8.70. The van der Waals surface area contributed by atoms with Crippen molar-refractivity contribution in [2.75, 3.05) is 6.54 Å². The topological polar surface area (TPSA) is 12.0 Å². The Balaban J connectivity index is 1.64. The maximum Gasteiger partial charge on any atom is 0.0101 e. The number of rotatable bonds is 4. The summed E-state index contributed by atoms with van der Waals surface area (Å²) in [6, 6.07) is 0.907. The first-order chi connectivity index (χ1) is 5.92. The van der Waals surface area contributed by atoms with Crippen LogP contribution in [0.1, 0.15) is 45.4 Å². The maximum atomic E-state index is 3.69. The molecule has 0 aromatic carbocycles. The Morgan fingerprint density at radius 1 is 1.33 bits per heavy atom. The molecule has 2 rings (SSSR count). The molecular weight excluding hydrogens is 146 g/mol. The van der Waals surface area contributed by atoms with Crippen LogP contribution in [0.15, 0.2) is 0 Å². The molecule has 0 saturated heterocycles. The second-order valence-corrected chi connectivity index (χ2v) is 4.50.